The van der Waals surface area contributed by atoms with Gasteiger partial charge in [-0.25, -0.2) is 4.79 Å². The third kappa shape index (κ3) is 2.26. The molecular formula is C13H13NO3S. The summed E-state index contributed by atoms with van der Waals surface area (Å²) in [6.45, 7) is 4.01. The van der Waals surface area contributed by atoms with Crippen LogP contribution in [0.2, 0.25) is 0 Å². The van der Waals surface area contributed by atoms with Crippen LogP contribution in [0.3, 0.4) is 0 Å². The van der Waals surface area contributed by atoms with E-state index in [1.165, 1.54) is 6.07 Å². The molecular weight excluding hydrogens is 250 g/mol. The van der Waals surface area contributed by atoms with Crippen molar-refractivity contribution in [3.8, 4) is 11.3 Å². The second-order valence-electron chi connectivity index (χ2n) is 4.00. The molecule has 1 aromatic heterocycles. The Bertz CT molecular complexity index is 604. The molecule has 0 atom stereocenters. The molecule has 0 spiro atoms. The Balaban J connectivity index is 2.55. The van der Waals surface area contributed by atoms with Gasteiger partial charge in [0.05, 0.1) is 0 Å². The fourth-order valence-corrected chi connectivity index (χ4v) is 2.24. The second kappa shape index (κ2) is 4.86. The lowest BCUT2D eigenvalue weighted by Crippen LogP contribution is -1.92. The predicted octanol–water partition coefficient (Wildman–Crippen LogP) is 3.38. The largest absolute Gasteiger partial charge is 0.475 e. The molecule has 94 valence electrons. The summed E-state index contributed by atoms with van der Waals surface area (Å²) in [5.74, 6) is -1.25. The first-order chi connectivity index (χ1) is 8.52. The Morgan fingerprint density at radius 3 is 2.61 bits per heavy atom. The maximum Gasteiger partial charge on any atom is 0.374 e. The second-order valence-corrected chi connectivity index (χ2v) is 4.88. The normalized spacial score (nSPS) is 10.6. The summed E-state index contributed by atoms with van der Waals surface area (Å²) >= 11 is 1.64. The smallest absolute Gasteiger partial charge is 0.374 e. The molecule has 0 radical (unpaired) electrons. The fraction of sp³-hybridized carbons (Fsp3) is 0.231. The van der Waals surface area contributed by atoms with Crippen molar-refractivity contribution >= 4 is 17.7 Å². The van der Waals surface area contributed by atoms with Crippen LogP contribution >= 0.6 is 11.8 Å². The summed E-state index contributed by atoms with van der Waals surface area (Å²) in [7, 11) is 0. The minimum absolute atomic E-state index is 0.142. The molecule has 2 aromatic rings. The number of carboxylic acids is 1. The van der Waals surface area contributed by atoms with Crippen molar-refractivity contribution in [2.24, 2.45) is 0 Å². The van der Waals surface area contributed by atoms with Gasteiger partial charge in [-0.05, 0) is 43.4 Å². The summed E-state index contributed by atoms with van der Waals surface area (Å²) in [5.41, 5.74) is 3.70. The molecule has 1 aromatic carbocycles. The quantitative estimate of drug-likeness (QED) is 0.860. The SMILES string of the molecule is CSc1cc(C)c(C)c(-c2cc(C(=O)O)on2)c1. The topological polar surface area (TPSA) is 63.3 Å². The summed E-state index contributed by atoms with van der Waals surface area (Å²) < 4.78 is 4.79. The lowest BCUT2D eigenvalue weighted by atomic mass is 10.0. The Morgan fingerprint density at radius 2 is 2.06 bits per heavy atom. The van der Waals surface area contributed by atoms with E-state index in [0.717, 1.165) is 21.6 Å². The van der Waals surface area contributed by atoms with Gasteiger partial charge < -0.3 is 9.63 Å². The molecule has 0 saturated carbocycles. The van der Waals surface area contributed by atoms with E-state index in [4.69, 9.17) is 9.63 Å². The van der Waals surface area contributed by atoms with E-state index >= 15 is 0 Å². The first-order valence-electron chi connectivity index (χ1n) is 5.38. The maximum absolute atomic E-state index is 10.8. The van der Waals surface area contributed by atoms with Crippen LogP contribution in [0.25, 0.3) is 11.3 Å². The van der Waals surface area contributed by atoms with E-state index in [1.807, 2.05) is 26.2 Å². The summed E-state index contributed by atoms with van der Waals surface area (Å²) in [6.07, 6.45) is 2.00. The van der Waals surface area contributed by atoms with Crippen LogP contribution in [-0.4, -0.2) is 22.5 Å². The van der Waals surface area contributed by atoms with Crippen LogP contribution in [0.5, 0.6) is 0 Å². The number of nitrogens with zero attached hydrogens (tertiary/aromatic N) is 1. The zero-order chi connectivity index (χ0) is 13.3. The molecule has 4 nitrogen and oxygen atoms in total. The molecule has 0 aliphatic carbocycles. The average molecular weight is 263 g/mol. The third-order valence-electron chi connectivity index (χ3n) is 2.87. The number of hydrogen-bond donors (Lipinski definition) is 1. The van der Waals surface area contributed by atoms with Crippen LogP contribution in [0.4, 0.5) is 0 Å². The van der Waals surface area contributed by atoms with Crippen molar-refractivity contribution in [1.29, 1.82) is 0 Å². The van der Waals surface area contributed by atoms with Crippen LogP contribution < -0.4 is 0 Å². The number of aryl methyl sites for hydroxylation is 1. The van der Waals surface area contributed by atoms with Crippen molar-refractivity contribution in [3.63, 3.8) is 0 Å². The highest BCUT2D eigenvalue weighted by Crippen LogP contribution is 2.30. The summed E-state index contributed by atoms with van der Waals surface area (Å²) in [4.78, 5) is 11.9. The number of carboxylic acid groups (broad SMARTS) is 1. The minimum Gasteiger partial charge on any atom is -0.475 e. The van der Waals surface area contributed by atoms with E-state index in [2.05, 4.69) is 11.2 Å². The highest BCUT2D eigenvalue weighted by Gasteiger charge is 2.15. The van der Waals surface area contributed by atoms with Crippen LogP contribution in [0.1, 0.15) is 21.7 Å². The van der Waals surface area contributed by atoms with Crippen molar-refractivity contribution in [3.05, 3.63) is 35.1 Å². The number of rotatable bonds is 3. The van der Waals surface area contributed by atoms with Crippen LogP contribution in [0, 0.1) is 13.8 Å². The first kappa shape index (κ1) is 12.7. The Morgan fingerprint density at radius 1 is 1.33 bits per heavy atom. The van der Waals surface area contributed by atoms with Gasteiger partial charge in [-0.15, -0.1) is 11.8 Å². The molecule has 1 N–H and O–H groups in total. The van der Waals surface area contributed by atoms with Gasteiger partial charge in [-0.3, -0.25) is 0 Å². The van der Waals surface area contributed by atoms with Crippen molar-refractivity contribution in [1.82, 2.24) is 5.16 Å². The maximum atomic E-state index is 10.8. The number of hydrogen-bond acceptors (Lipinski definition) is 4. The monoisotopic (exact) mass is 263 g/mol. The minimum atomic E-state index is -1.11. The zero-order valence-corrected chi connectivity index (χ0v) is 11.2. The molecule has 0 amide bonds. The average Bonchev–Trinajstić information content (AvgIpc) is 2.82. The summed E-state index contributed by atoms with van der Waals surface area (Å²) in [6, 6.07) is 5.55. The van der Waals surface area contributed by atoms with Gasteiger partial charge >= 0.3 is 5.97 Å². The zero-order valence-electron chi connectivity index (χ0n) is 10.4. The van der Waals surface area contributed by atoms with Crippen LogP contribution in [0.15, 0.2) is 27.6 Å². The molecule has 0 unspecified atom stereocenters. The Hall–Kier alpha value is -1.75. The number of aromatic carboxylic acids is 1. The summed E-state index contributed by atoms with van der Waals surface area (Å²) in [5, 5.41) is 12.7. The van der Waals surface area contributed by atoms with Crippen molar-refractivity contribution in [2.45, 2.75) is 18.7 Å². The third-order valence-corrected chi connectivity index (χ3v) is 3.58. The van der Waals surface area contributed by atoms with Gasteiger partial charge in [0.1, 0.15) is 5.69 Å². The molecule has 0 fully saturated rings. The molecule has 5 heteroatoms. The lowest BCUT2D eigenvalue weighted by molar-refractivity contribution is 0.0652. The standard InChI is InChI=1S/C13H13NO3S/c1-7-4-9(18-3)5-10(8(7)2)11-6-12(13(15)16)17-14-11/h4-6H,1-3H3,(H,15,16). The van der Waals surface area contributed by atoms with E-state index in [-0.39, 0.29) is 5.76 Å². The first-order valence-corrected chi connectivity index (χ1v) is 6.61. The fourth-order valence-electron chi connectivity index (χ4n) is 1.71. The highest BCUT2D eigenvalue weighted by molar-refractivity contribution is 7.98. The Labute approximate surface area is 109 Å². The molecule has 2 rings (SSSR count). The van der Waals surface area contributed by atoms with Crippen molar-refractivity contribution in [2.75, 3.05) is 6.26 Å². The van der Waals surface area contributed by atoms with Gasteiger partial charge in [0.2, 0.25) is 5.76 Å². The van der Waals surface area contributed by atoms with Gasteiger partial charge in [0, 0.05) is 16.5 Å². The van der Waals surface area contributed by atoms with Gasteiger partial charge in [-0.2, -0.15) is 0 Å². The lowest BCUT2D eigenvalue weighted by Gasteiger charge is -2.08. The molecule has 0 aliphatic heterocycles. The van der Waals surface area contributed by atoms with Crippen molar-refractivity contribution < 1.29 is 14.4 Å². The van der Waals surface area contributed by atoms with E-state index < -0.39 is 5.97 Å². The number of thioether (sulfide) groups is 1. The van der Waals surface area contributed by atoms with Gasteiger partial charge in [-0.1, -0.05) is 5.16 Å². The highest BCUT2D eigenvalue weighted by atomic mass is 32.2. The van der Waals surface area contributed by atoms with E-state index in [1.54, 1.807) is 11.8 Å². The predicted molar refractivity (Wildman–Crippen MR) is 70.2 cm³/mol. The van der Waals surface area contributed by atoms with E-state index in [0.29, 0.717) is 5.69 Å². The number of aromatic nitrogens is 1. The molecule has 0 saturated heterocycles. The van der Waals surface area contributed by atoms with Crippen LogP contribution in [-0.2, 0) is 0 Å². The molecule has 0 bridgehead atoms. The van der Waals surface area contributed by atoms with E-state index in [9.17, 15) is 4.79 Å². The molecule has 0 aliphatic rings. The number of benzene rings is 1. The Kier molecular flexibility index (Phi) is 3.43. The van der Waals surface area contributed by atoms with Gasteiger partial charge in [0.25, 0.3) is 0 Å². The molecule has 18 heavy (non-hydrogen) atoms. The molecule has 1 heterocycles. The number of carbonyl (C=O) groups is 1. The van der Waals surface area contributed by atoms with Gasteiger partial charge in [0.15, 0.2) is 0 Å².